The quantitative estimate of drug-likeness (QED) is 0.874. The number of carbonyl (C=O) groups is 1. The highest BCUT2D eigenvalue weighted by Gasteiger charge is 2.16. The maximum Gasteiger partial charge on any atom is 0.138 e. The summed E-state index contributed by atoms with van der Waals surface area (Å²) in [7, 11) is 0. The summed E-state index contributed by atoms with van der Waals surface area (Å²) in [4.78, 5) is 11.6. The van der Waals surface area contributed by atoms with Gasteiger partial charge in [0.25, 0.3) is 0 Å². The van der Waals surface area contributed by atoms with Crippen LogP contribution in [0.4, 0.5) is 0 Å². The average Bonchev–Trinajstić information content (AvgIpc) is 2.33. The molecule has 3 heteroatoms. The second-order valence-corrected chi connectivity index (χ2v) is 4.71. The van der Waals surface area contributed by atoms with Crippen molar-refractivity contribution in [3.8, 4) is 0 Å². The third-order valence-electron chi connectivity index (χ3n) is 2.49. The van der Waals surface area contributed by atoms with E-state index in [-0.39, 0.29) is 11.7 Å². The van der Waals surface area contributed by atoms with E-state index >= 15 is 0 Å². The summed E-state index contributed by atoms with van der Waals surface area (Å²) >= 11 is 5.82. The summed E-state index contributed by atoms with van der Waals surface area (Å²) in [6, 6.07) is 7.85. The molecular formula is C15H24ClNO. The molecule has 0 amide bonds. The van der Waals surface area contributed by atoms with Crippen LogP contribution in [0, 0.1) is 0 Å². The van der Waals surface area contributed by atoms with Gasteiger partial charge < -0.3 is 5.32 Å². The molecule has 1 rings (SSSR count). The van der Waals surface area contributed by atoms with Crippen molar-refractivity contribution in [3.63, 3.8) is 0 Å². The van der Waals surface area contributed by atoms with Crippen LogP contribution in [0.3, 0.4) is 0 Å². The number of rotatable bonds is 5. The van der Waals surface area contributed by atoms with Gasteiger partial charge in [-0.25, -0.2) is 0 Å². The van der Waals surface area contributed by atoms with Crippen molar-refractivity contribution in [2.75, 3.05) is 6.54 Å². The Bertz CT molecular complexity index is 346. The van der Waals surface area contributed by atoms with E-state index in [2.05, 4.69) is 19.2 Å². The Balaban J connectivity index is 0.00000137. The molecule has 0 radical (unpaired) electrons. The van der Waals surface area contributed by atoms with Crippen LogP contribution in [0.15, 0.2) is 24.3 Å². The Hall–Kier alpha value is -0.860. The molecule has 1 aromatic carbocycles. The minimum Gasteiger partial charge on any atom is -0.313 e. The molecular weight excluding hydrogens is 246 g/mol. The minimum absolute atomic E-state index is 0.0836. The van der Waals surface area contributed by atoms with Crippen LogP contribution in [0.2, 0.25) is 5.02 Å². The molecule has 0 aliphatic carbocycles. The van der Waals surface area contributed by atoms with Gasteiger partial charge in [-0.15, -0.1) is 0 Å². The second kappa shape index (κ2) is 9.12. The SMILES string of the molecule is CC.CC(=O)C(CNC(C)C)c1ccc(Cl)cc1. The normalized spacial score (nSPS) is 11.7. The molecule has 0 fully saturated rings. The lowest BCUT2D eigenvalue weighted by atomic mass is 9.95. The first-order valence-corrected chi connectivity index (χ1v) is 6.87. The molecule has 0 bridgehead atoms. The number of hydrogen-bond acceptors (Lipinski definition) is 2. The zero-order chi connectivity index (χ0) is 14.1. The van der Waals surface area contributed by atoms with Crippen molar-refractivity contribution >= 4 is 17.4 Å². The van der Waals surface area contributed by atoms with E-state index in [0.717, 1.165) is 5.56 Å². The van der Waals surface area contributed by atoms with Gasteiger partial charge in [0.05, 0.1) is 5.92 Å². The van der Waals surface area contributed by atoms with E-state index in [1.807, 2.05) is 38.1 Å². The largest absolute Gasteiger partial charge is 0.313 e. The molecule has 0 saturated carbocycles. The van der Waals surface area contributed by atoms with Crippen LogP contribution in [0.5, 0.6) is 0 Å². The summed E-state index contributed by atoms with van der Waals surface area (Å²) < 4.78 is 0. The van der Waals surface area contributed by atoms with Gasteiger partial charge in [-0.1, -0.05) is 51.4 Å². The fourth-order valence-electron chi connectivity index (χ4n) is 1.54. The first-order chi connectivity index (χ1) is 8.50. The Morgan fingerprint density at radius 2 is 1.72 bits per heavy atom. The third kappa shape index (κ3) is 6.18. The van der Waals surface area contributed by atoms with Crippen LogP contribution < -0.4 is 5.32 Å². The molecule has 2 nitrogen and oxygen atoms in total. The van der Waals surface area contributed by atoms with Crippen molar-refractivity contribution < 1.29 is 4.79 Å². The highest BCUT2D eigenvalue weighted by atomic mass is 35.5. The maximum absolute atomic E-state index is 11.6. The second-order valence-electron chi connectivity index (χ2n) is 4.28. The van der Waals surface area contributed by atoms with E-state index in [1.54, 1.807) is 6.92 Å². The third-order valence-corrected chi connectivity index (χ3v) is 2.75. The zero-order valence-corrected chi connectivity index (χ0v) is 12.7. The lowest BCUT2D eigenvalue weighted by molar-refractivity contribution is -0.118. The summed E-state index contributed by atoms with van der Waals surface area (Å²) in [5.41, 5.74) is 1.02. The smallest absolute Gasteiger partial charge is 0.138 e. The molecule has 0 aromatic heterocycles. The van der Waals surface area contributed by atoms with Gasteiger partial charge >= 0.3 is 0 Å². The Morgan fingerprint density at radius 1 is 1.22 bits per heavy atom. The highest BCUT2D eigenvalue weighted by molar-refractivity contribution is 6.30. The van der Waals surface area contributed by atoms with E-state index in [9.17, 15) is 4.79 Å². The summed E-state index contributed by atoms with van der Waals surface area (Å²) in [5.74, 6) is 0.0927. The predicted molar refractivity (Wildman–Crippen MR) is 79.4 cm³/mol. The molecule has 1 aromatic rings. The topological polar surface area (TPSA) is 29.1 Å². The maximum atomic E-state index is 11.6. The predicted octanol–water partition coefficient (Wildman–Crippen LogP) is 4.04. The average molecular weight is 270 g/mol. The van der Waals surface area contributed by atoms with Crippen LogP contribution in [-0.2, 0) is 4.79 Å². The summed E-state index contributed by atoms with van der Waals surface area (Å²) in [6.45, 7) is 10.4. The standard InChI is InChI=1S/C13H18ClNO.C2H6/c1-9(2)15-8-13(10(3)16)11-4-6-12(14)7-5-11;1-2/h4-7,9,13,15H,8H2,1-3H3;1-2H3. The highest BCUT2D eigenvalue weighted by Crippen LogP contribution is 2.19. The van der Waals surface area contributed by atoms with Crippen LogP contribution >= 0.6 is 11.6 Å². The van der Waals surface area contributed by atoms with E-state index in [0.29, 0.717) is 17.6 Å². The van der Waals surface area contributed by atoms with Gasteiger partial charge in [-0.05, 0) is 24.6 Å². The first kappa shape index (κ1) is 17.1. The Kier molecular flexibility index (Phi) is 8.69. The van der Waals surface area contributed by atoms with Gasteiger partial charge in [-0.3, -0.25) is 4.79 Å². The molecule has 0 aliphatic heterocycles. The number of halogens is 1. The number of ketones is 1. The molecule has 18 heavy (non-hydrogen) atoms. The van der Waals surface area contributed by atoms with Gasteiger partial charge in [0.15, 0.2) is 0 Å². The van der Waals surface area contributed by atoms with Crippen LogP contribution in [-0.4, -0.2) is 18.4 Å². The van der Waals surface area contributed by atoms with Crippen LogP contribution in [0.1, 0.15) is 46.1 Å². The zero-order valence-electron chi connectivity index (χ0n) is 12.0. The molecule has 0 heterocycles. The van der Waals surface area contributed by atoms with E-state index in [4.69, 9.17) is 11.6 Å². The minimum atomic E-state index is -0.0836. The molecule has 0 aliphatic rings. The van der Waals surface area contributed by atoms with E-state index in [1.165, 1.54) is 0 Å². The van der Waals surface area contributed by atoms with Gasteiger partial charge in [0.1, 0.15) is 5.78 Å². The van der Waals surface area contributed by atoms with Crippen molar-refractivity contribution in [3.05, 3.63) is 34.9 Å². The number of benzene rings is 1. The van der Waals surface area contributed by atoms with Crippen molar-refractivity contribution in [1.29, 1.82) is 0 Å². The fraction of sp³-hybridized carbons (Fsp3) is 0.533. The lowest BCUT2D eigenvalue weighted by Crippen LogP contribution is -2.30. The number of hydrogen-bond donors (Lipinski definition) is 1. The number of carbonyl (C=O) groups excluding carboxylic acids is 1. The number of Topliss-reactive ketones (excluding diaryl/α,β-unsaturated/α-hetero) is 1. The van der Waals surface area contributed by atoms with E-state index < -0.39 is 0 Å². The number of nitrogens with one attached hydrogen (secondary N) is 1. The van der Waals surface area contributed by atoms with Crippen molar-refractivity contribution in [1.82, 2.24) is 5.32 Å². The molecule has 1 atom stereocenters. The molecule has 102 valence electrons. The lowest BCUT2D eigenvalue weighted by Gasteiger charge is -2.17. The Morgan fingerprint density at radius 3 is 2.11 bits per heavy atom. The Labute approximate surface area is 116 Å². The summed E-state index contributed by atoms with van der Waals surface area (Å²) in [6.07, 6.45) is 0. The van der Waals surface area contributed by atoms with Gasteiger partial charge in [0, 0.05) is 17.6 Å². The molecule has 1 N–H and O–H groups in total. The summed E-state index contributed by atoms with van der Waals surface area (Å²) in [5, 5.41) is 3.98. The van der Waals surface area contributed by atoms with Crippen LogP contribution in [0.25, 0.3) is 0 Å². The molecule has 0 spiro atoms. The van der Waals surface area contributed by atoms with Gasteiger partial charge in [0.2, 0.25) is 0 Å². The first-order valence-electron chi connectivity index (χ1n) is 6.50. The molecule has 0 saturated heterocycles. The molecule has 1 unspecified atom stereocenters. The van der Waals surface area contributed by atoms with Crippen molar-refractivity contribution in [2.24, 2.45) is 0 Å². The van der Waals surface area contributed by atoms with Crippen molar-refractivity contribution in [2.45, 2.75) is 46.6 Å². The fourth-order valence-corrected chi connectivity index (χ4v) is 1.67. The monoisotopic (exact) mass is 269 g/mol. The van der Waals surface area contributed by atoms with Gasteiger partial charge in [-0.2, -0.15) is 0 Å².